The number of unbranched alkanes of at least 4 members (excludes halogenated alkanes) is 3. The van der Waals surface area contributed by atoms with Crippen molar-refractivity contribution in [1.29, 1.82) is 0 Å². The Labute approximate surface area is 134 Å². The highest BCUT2D eigenvalue weighted by Gasteiger charge is 2.27. The summed E-state index contributed by atoms with van der Waals surface area (Å²) in [6.07, 6.45) is 11.7. The van der Waals surface area contributed by atoms with Crippen LogP contribution in [-0.4, -0.2) is 12.6 Å². The molecule has 0 aliphatic heterocycles. The number of esters is 1. The van der Waals surface area contributed by atoms with E-state index in [0.717, 1.165) is 24.8 Å². The van der Waals surface area contributed by atoms with E-state index < -0.39 is 5.41 Å². The SMILES string of the molecule is C#CC(C)(C)C(=Cc1ccccc1)C(=O)OCCCCCC. The molecule has 0 aliphatic carbocycles. The first-order chi connectivity index (χ1) is 10.5. The van der Waals surface area contributed by atoms with Crippen LogP contribution in [0.15, 0.2) is 35.9 Å². The highest BCUT2D eigenvalue weighted by molar-refractivity contribution is 5.95. The minimum absolute atomic E-state index is 0.316. The minimum Gasteiger partial charge on any atom is -0.462 e. The van der Waals surface area contributed by atoms with Crippen LogP contribution in [-0.2, 0) is 9.53 Å². The topological polar surface area (TPSA) is 26.3 Å². The Hall–Kier alpha value is -2.01. The van der Waals surface area contributed by atoms with E-state index in [4.69, 9.17) is 11.2 Å². The van der Waals surface area contributed by atoms with Gasteiger partial charge in [-0.15, -0.1) is 6.42 Å². The molecule has 2 heteroatoms. The Morgan fingerprint density at radius 2 is 1.91 bits per heavy atom. The molecule has 0 amide bonds. The lowest BCUT2D eigenvalue weighted by molar-refractivity contribution is -0.139. The highest BCUT2D eigenvalue weighted by atomic mass is 16.5. The standard InChI is InChI=1S/C20H26O2/c1-5-7-8-12-15-22-19(21)18(20(3,4)6-2)16-17-13-10-9-11-14-17/h2,9-11,13-14,16H,5,7-8,12,15H2,1,3-4H3. The summed E-state index contributed by atoms with van der Waals surface area (Å²) in [5.74, 6) is 2.37. The average Bonchev–Trinajstić information content (AvgIpc) is 2.53. The molecule has 2 nitrogen and oxygen atoms in total. The van der Waals surface area contributed by atoms with Gasteiger partial charge in [-0.05, 0) is 31.9 Å². The average molecular weight is 298 g/mol. The van der Waals surface area contributed by atoms with Gasteiger partial charge < -0.3 is 4.74 Å². The second kappa shape index (κ2) is 9.10. The van der Waals surface area contributed by atoms with E-state index in [0.29, 0.717) is 12.2 Å². The zero-order valence-corrected chi connectivity index (χ0v) is 13.9. The van der Waals surface area contributed by atoms with E-state index >= 15 is 0 Å². The number of carbonyl (C=O) groups is 1. The molecule has 0 heterocycles. The molecule has 22 heavy (non-hydrogen) atoms. The van der Waals surface area contributed by atoms with Gasteiger partial charge in [-0.1, -0.05) is 62.4 Å². The van der Waals surface area contributed by atoms with Gasteiger partial charge in [0.1, 0.15) is 0 Å². The summed E-state index contributed by atoms with van der Waals surface area (Å²) in [6.45, 7) is 6.33. The second-order valence-corrected chi connectivity index (χ2v) is 5.93. The molecule has 0 fully saturated rings. The quantitative estimate of drug-likeness (QED) is 0.297. The van der Waals surface area contributed by atoms with Crippen LogP contribution in [0.5, 0.6) is 0 Å². The molecule has 0 unspecified atom stereocenters. The van der Waals surface area contributed by atoms with E-state index in [1.807, 2.05) is 50.3 Å². The zero-order chi connectivity index (χ0) is 16.4. The summed E-state index contributed by atoms with van der Waals surface area (Å²) in [5.41, 5.74) is 0.816. The lowest BCUT2D eigenvalue weighted by Gasteiger charge is -2.21. The summed E-state index contributed by atoms with van der Waals surface area (Å²) < 4.78 is 5.41. The van der Waals surface area contributed by atoms with Gasteiger partial charge in [-0.2, -0.15) is 0 Å². The monoisotopic (exact) mass is 298 g/mol. The van der Waals surface area contributed by atoms with Crippen molar-refractivity contribution in [2.24, 2.45) is 5.41 Å². The Morgan fingerprint density at radius 1 is 1.23 bits per heavy atom. The second-order valence-electron chi connectivity index (χ2n) is 5.93. The van der Waals surface area contributed by atoms with E-state index in [-0.39, 0.29) is 5.97 Å². The van der Waals surface area contributed by atoms with Crippen LogP contribution in [0.1, 0.15) is 52.0 Å². The van der Waals surface area contributed by atoms with Crippen molar-refractivity contribution in [2.75, 3.05) is 6.61 Å². The van der Waals surface area contributed by atoms with Crippen molar-refractivity contribution in [3.05, 3.63) is 41.5 Å². The fourth-order valence-corrected chi connectivity index (χ4v) is 2.06. The summed E-state index contributed by atoms with van der Waals surface area (Å²) in [5, 5.41) is 0. The van der Waals surface area contributed by atoms with E-state index in [2.05, 4.69) is 12.8 Å². The fourth-order valence-electron chi connectivity index (χ4n) is 2.06. The van der Waals surface area contributed by atoms with Gasteiger partial charge >= 0.3 is 5.97 Å². The lowest BCUT2D eigenvalue weighted by Crippen LogP contribution is -2.22. The third kappa shape index (κ3) is 5.77. The molecule has 1 aromatic carbocycles. The van der Waals surface area contributed by atoms with Crippen LogP contribution >= 0.6 is 0 Å². The van der Waals surface area contributed by atoms with Crippen molar-refractivity contribution in [3.8, 4) is 12.3 Å². The number of hydrogen-bond donors (Lipinski definition) is 0. The van der Waals surface area contributed by atoms with Gasteiger partial charge in [0.05, 0.1) is 17.6 Å². The molecule has 0 aliphatic rings. The first-order valence-electron chi connectivity index (χ1n) is 7.93. The molecular weight excluding hydrogens is 272 g/mol. The third-order valence-corrected chi connectivity index (χ3v) is 3.60. The van der Waals surface area contributed by atoms with Crippen molar-refractivity contribution in [1.82, 2.24) is 0 Å². The van der Waals surface area contributed by atoms with Crippen LogP contribution in [0.2, 0.25) is 0 Å². The normalized spacial score (nSPS) is 11.8. The van der Waals surface area contributed by atoms with Crippen LogP contribution in [0.3, 0.4) is 0 Å². The third-order valence-electron chi connectivity index (χ3n) is 3.60. The summed E-state index contributed by atoms with van der Waals surface area (Å²) in [6, 6.07) is 9.70. The smallest absolute Gasteiger partial charge is 0.335 e. The summed E-state index contributed by atoms with van der Waals surface area (Å²) in [4.78, 5) is 12.4. The predicted octanol–water partition coefficient (Wildman–Crippen LogP) is 4.85. The molecule has 118 valence electrons. The van der Waals surface area contributed by atoms with E-state index in [1.54, 1.807) is 0 Å². The molecule has 0 saturated heterocycles. The molecule has 1 aromatic rings. The number of benzene rings is 1. The first kappa shape index (κ1) is 18.0. The maximum atomic E-state index is 12.4. The number of carbonyl (C=O) groups excluding carboxylic acids is 1. The maximum absolute atomic E-state index is 12.4. The van der Waals surface area contributed by atoms with E-state index in [1.165, 1.54) is 6.42 Å². The van der Waals surface area contributed by atoms with Crippen molar-refractivity contribution >= 4 is 12.0 Å². The minimum atomic E-state index is -0.656. The van der Waals surface area contributed by atoms with Crippen molar-refractivity contribution in [2.45, 2.75) is 46.5 Å². The molecule has 0 radical (unpaired) electrons. The lowest BCUT2D eigenvalue weighted by atomic mass is 9.84. The van der Waals surface area contributed by atoms with Crippen LogP contribution in [0.4, 0.5) is 0 Å². The van der Waals surface area contributed by atoms with Gasteiger partial charge in [0.2, 0.25) is 0 Å². The largest absolute Gasteiger partial charge is 0.462 e. The molecular formula is C20H26O2. The molecule has 0 spiro atoms. The molecule has 0 saturated carbocycles. The molecule has 0 aromatic heterocycles. The zero-order valence-electron chi connectivity index (χ0n) is 13.9. The Bertz CT molecular complexity index is 533. The number of hydrogen-bond acceptors (Lipinski definition) is 2. The van der Waals surface area contributed by atoms with Gasteiger partial charge in [0.25, 0.3) is 0 Å². The van der Waals surface area contributed by atoms with Gasteiger partial charge in [0.15, 0.2) is 0 Å². The Balaban J connectivity index is 2.82. The molecule has 0 bridgehead atoms. The van der Waals surface area contributed by atoms with Crippen molar-refractivity contribution < 1.29 is 9.53 Å². The number of ether oxygens (including phenoxy) is 1. The van der Waals surface area contributed by atoms with Crippen LogP contribution < -0.4 is 0 Å². The Kier molecular flexibility index (Phi) is 7.46. The molecule has 0 atom stereocenters. The molecule has 1 rings (SSSR count). The summed E-state index contributed by atoms with van der Waals surface area (Å²) >= 11 is 0. The summed E-state index contributed by atoms with van der Waals surface area (Å²) in [7, 11) is 0. The Morgan fingerprint density at radius 3 is 2.50 bits per heavy atom. The van der Waals surface area contributed by atoms with Gasteiger partial charge in [-0.25, -0.2) is 4.79 Å². The maximum Gasteiger partial charge on any atom is 0.335 e. The fraction of sp³-hybridized carbons (Fsp3) is 0.450. The number of terminal acetylenes is 1. The van der Waals surface area contributed by atoms with Crippen LogP contribution in [0, 0.1) is 17.8 Å². The first-order valence-corrected chi connectivity index (χ1v) is 7.93. The predicted molar refractivity (Wildman–Crippen MR) is 92.1 cm³/mol. The van der Waals surface area contributed by atoms with Crippen molar-refractivity contribution in [3.63, 3.8) is 0 Å². The van der Waals surface area contributed by atoms with Gasteiger partial charge in [-0.3, -0.25) is 0 Å². The van der Waals surface area contributed by atoms with E-state index in [9.17, 15) is 4.79 Å². The van der Waals surface area contributed by atoms with Crippen LogP contribution in [0.25, 0.3) is 6.08 Å². The highest BCUT2D eigenvalue weighted by Crippen LogP contribution is 2.28. The number of rotatable bonds is 8. The van der Waals surface area contributed by atoms with Gasteiger partial charge in [0, 0.05) is 0 Å². The molecule has 0 N–H and O–H groups in total.